The lowest BCUT2D eigenvalue weighted by Crippen LogP contribution is -2.35. The Balaban J connectivity index is 1.01. The Morgan fingerprint density at radius 1 is 1.00 bits per heavy atom. The van der Waals surface area contributed by atoms with Crippen LogP contribution in [0.3, 0.4) is 0 Å². The van der Waals surface area contributed by atoms with Gasteiger partial charge in [-0.25, -0.2) is 19.3 Å². The molecule has 2 aliphatic heterocycles. The summed E-state index contributed by atoms with van der Waals surface area (Å²) in [4.78, 5) is 25.2. The van der Waals surface area contributed by atoms with Crippen LogP contribution in [0.4, 0.5) is 0 Å². The zero-order valence-electron chi connectivity index (χ0n) is 26.2. The molecule has 10 nitrogen and oxygen atoms in total. The van der Waals surface area contributed by atoms with E-state index < -0.39 is 5.60 Å². The van der Waals surface area contributed by atoms with Gasteiger partial charge in [0, 0.05) is 36.0 Å². The molecule has 7 rings (SSSR count). The minimum Gasteiger partial charge on any atom is -0.473 e. The maximum Gasteiger partial charge on any atom is 0.338 e. The second-order valence-electron chi connectivity index (χ2n) is 13.1. The van der Waals surface area contributed by atoms with Gasteiger partial charge in [-0.3, -0.25) is 4.90 Å². The van der Waals surface area contributed by atoms with Crippen molar-refractivity contribution in [2.45, 2.75) is 77.4 Å². The van der Waals surface area contributed by atoms with Crippen LogP contribution < -0.4 is 4.74 Å². The third-order valence-electron chi connectivity index (χ3n) is 8.64. The Labute approximate surface area is 262 Å². The Morgan fingerprint density at radius 3 is 2.62 bits per heavy atom. The van der Waals surface area contributed by atoms with Crippen LogP contribution in [-0.4, -0.2) is 66.4 Å². The van der Waals surface area contributed by atoms with E-state index in [9.17, 15) is 4.79 Å². The summed E-state index contributed by atoms with van der Waals surface area (Å²) in [5.41, 5.74) is 4.98. The van der Waals surface area contributed by atoms with Crippen molar-refractivity contribution in [1.82, 2.24) is 29.0 Å². The second-order valence-corrected chi connectivity index (χ2v) is 13.1. The number of benzene rings is 1. The quantitative estimate of drug-likeness (QED) is 0.194. The van der Waals surface area contributed by atoms with E-state index in [4.69, 9.17) is 24.2 Å². The average molecular weight is 609 g/mol. The molecule has 0 aliphatic carbocycles. The first-order valence-electron chi connectivity index (χ1n) is 15.9. The Hall–Kier alpha value is -4.28. The number of hydrogen-bond acceptors (Lipinski definition) is 8. The van der Waals surface area contributed by atoms with Crippen molar-refractivity contribution in [1.29, 1.82) is 0 Å². The number of carbonyl (C=O) groups is 1. The number of esters is 1. The molecule has 0 radical (unpaired) electrons. The highest BCUT2D eigenvalue weighted by Gasteiger charge is 2.27. The van der Waals surface area contributed by atoms with Crippen molar-refractivity contribution in [3.8, 4) is 5.88 Å². The summed E-state index contributed by atoms with van der Waals surface area (Å²) in [6.45, 7) is 10.2. The minimum atomic E-state index is -0.552. The van der Waals surface area contributed by atoms with Gasteiger partial charge in [-0.2, -0.15) is 5.10 Å². The van der Waals surface area contributed by atoms with Crippen molar-refractivity contribution in [3.63, 3.8) is 0 Å². The standard InChI is InChI=1S/C35H40N6O4/c1-35(2,3)45-34(42)25-10-11-29-31(19-25)40(21-27-14-18-43-27)32(37-29)22-39-16-12-24(13-17-39)28-7-6-9-33(38-28)44-23-26-20-36-41-15-5-4-8-30(26)41/h4-11,15,19-20,24,27H,12-14,16-18,21-23H2,1-3H3/t27-/m0/s1. The van der Waals surface area contributed by atoms with Crippen LogP contribution in [0, 0.1) is 0 Å². The average Bonchev–Trinajstić information content (AvgIpc) is 3.58. The first-order chi connectivity index (χ1) is 21.8. The Bertz CT molecular complexity index is 1810. The first kappa shape index (κ1) is 29.4. The van der Waals surface area contributed by atoms with Gasteiger partial charge in [0.05, 0.1) is 47.5 Å². The number of rotatable bonds is 9. The minimum absolute atomic E-state index is 0.172. The predicted molar refractivity (Wildman–Crippen MR) is 170 cm³/mol. The molecule has 0 saturated carbocycles. The molecule has 2 saturated heterocycles. The summed E-state index contributed by atoms with van der Waals surface area (Å²) in [5, 5.41) is 4.40. The Morgan fingerprint density at radius 2 is 1.84 bits per heavy atom. The largest absolute Gasteiger partial charge is 0.473 e. The van der Waals surface area contributed by atoms with Crippen molar-refractivity contribution in [2.75, 3.05) is 19.7 Å². The molecule has 10 heteroatoms. The number of piperidine rings is 1. The van der Waals surface area contributed by atoms with E-state index in [1.807, 2.05) is 86.2 Å². The molecule has 0 amide bonds. The molecule has 6 heterocycles. The summed E-state index contributed by atoms with van der Waals surface area (Å²) in [5.74, 6) is 1.70. The lowest BCUT2D eigenvalue weighted by atomic mass is 9.93. The van der Waals surface area contributed by atoms with Gasteiger partial charge in [0.2, 0.25) is 5.88 Å². The van der Waals surface area contributed by atoms with Gasteiger partial charge in [0.15, 0.2) is 0 Å². The van der Waals surface area contributed by atoms with Gasteiger partial charge in [-0.1, -0.05) is 12.1 Å². The van der Waals surface area contributed by atoms with Crippen molar-refractivity contribution in [2.24, 2.45) is 0 Å². The number of fused-ring (bicyclic) bond motifs is 2. The molecule has 4 aromatic heterocycles. The molecule has 0 N–H and O–H groups in total. The van der Waals surface area contributed by atoms with Gasteiger partial charge >= 0.3 is 5.97 Å². The lowest BCUT2D eigenvalue weighted by molar-refractivity contribution is -0.0592. The molecule has 234 valence electrons. The zero-order chi connectivity index (χ0) is 31.0. The number of hydrogen-bond donors (Lipinski definition) is 0. The molecule has 2 fully saturated rings. The molecule has 0 bridgehead atoms. The molecule has 2 aliphatic rings. The molecular weight excluding hydrogens is 568 g/mol. The van der Waals surface area contributed by atoms with Crippen molar-refractivity contribution in [3.05, 3.63) is 89.6 Å². The predicted octanol–water partition coefficient (Wildman–Crippen LogP) is 5.78. The zero-order valence-corrected chi connectivity index (χ0v) is 26.2. The molecule has 0 spiro atoms. The highest BCUT2D eigenvalue weighted by Crippen LogP contribution is 2.30. The topological polar surface area (TPSA) is 96.0 Å². The number of likely N-dealkylation sites (tertiary alicyclic amines) is 1. The van der Waals surface area contributed by atoms with Gasteiger partial charge in [0.25, 0.3) is 0 Å². The fourth-order valence-corrected chi connectivity index (χ4v) is 6.17. The van der Waals surface area contributed by atoms with Crippen LogP contribution in [-0.2, 0) is 29.2 Å². The third-order valence-corrected chi connectivity index (χ3v) is 8.64. The van der Waals surface area contributed by atoms with E-state index in [0.717, 1.165) is 85.7 Å². The number of imidazole rings is 1. The lowest BCUT2D eigenvalue weighted by Gasteiger charge is -2.32. The van der Waals surface area contributed by atoms with Crippen LogP contribution in [0.25, 0.3) is 16.6 Å². The number of ether oxygens (including phenoxy) is 3. The smallest absolute Gasteiger partial charge is 0.338 e. The van der Waals surface area contributed by atoms with Gasteiger partial charge in [-0.05, 0) is 89.5 Å². The van der Waals surface area contributed by atoms with E-state index in [1.165, 1.54) is 0 Å². The Kier molecular flexibility index (Phi) is 8.01. The van der Waals surface area contributed by atoms with Gasteiger partial charge < -0.3 is 18.8 Å². The number of nitrogens with zero attached hydrogens (tertiary/aromatic N) is 6. The second kappa shape index (κ2) is 12.3. The van der Waals surface area contributed by atoms with Gasteiger partial charge in [0.1, 0.15) is 18.0 Å². The summed E-state index contributed by atoms with van der Waals surface area (Å²) >= 11 is 0. The van der Waals surface area contributed by atoms with E-state index in [0.29, 0.717) is 24.0 Å². The fourth-order valence-electron chi connectivity index (χ4n) is 6.17. The van der Waals surface area contributed by atoms with E-state index >= 15 is 0 Å². The van der Waals surface area contributed by atoms with Crippen LogP contribution in [0.15, 0.2) is 67.0 Å². The number of aromatic nitrogens is 5. The van der Waals surface area contributed by atoms with Crippen molar-refractivity contribution < 1.29 is 19.0 Å². The molecule has 1 atom stereocenters. The van der Waals surface area contributed by atoms with Gasteiger partial charge in [-0.15, -0.1) is 0 Å². The van der Waals surface area contributed by atoms with Crippen LogP contribution in [0.5, 0.6) is 5.88 Å². The number of pyridine rings is 2. The summed E-state index contributed by atoms with van der Waals surface area (Å²) in [6.07, 6.45) is 7.02. The molecule has 0 unspecified atom stereocenters. The summed E-state index contributed by atoms with van der Waals surface area (Å²) in [7, 11) is 0. The SMILES string of the molecule is CC(C)(C)OC(=O)c1ccc2nc(CN3CCC(c4cccc(OCc5cnn6ccccc56)n4)CC3)n(C[C@@H]3CCO3)c2c1. The molecule has 45 heavy (non-hydrogen) atoms. The molecule has 5 aromatic rings. The maximum atomic E-state index is 12.8. The van der Waals surface area contributed by atoms with Crippen LogP contribution in [0.2, 0.25) is 0 Å². The third kappa shape index (κ3) is 6.57. The fraction of sp³-hybridized carbons (Fsp3) is 0.429. The van der Waals surface area contributed by atoms with E-state index in [1.54, 1.807) is 0 Å². The highest BCUT2D eigenvalue weighted by atomic mass is 16.6. The molecular formula is C35H40N6O4. The number of carbonyl (C=O) groups excluding carboxylic acids is 1. The van der Waals surface area contributed by atoms with E-state index in [-0.39, 0.29) is 12.1 Å². The van der Waals surface area contributed by atoms with Crippen molar-refractivity contribution >= 4 is 22.5 Å². The maximum absolute atomic E-state index is 12.8. The van der Waals surface area contributed by atoms with Crippen LogP contribution >= 0.6 is 0 Å². The van der Waals surface area contributed by atoms with Crippen LogP contribution in [0.1, 0.15) is 73.4 Å². The monoisotopic (exact) mass is 608 g/mol. The van der Waals surface area contributed by atoms with E-state index in [2.05, 4.69) is 20.6 Å². The normalized spacial score (nSPS) is 17.9. The summed E-state index contributed by atoms with van der Waals surface area (Å²) in [6, 6.07) is 17.7. The first-order valence-corrected chi connectivity index (χ1v) is 15.9. The summed E-state index contributed by atoms with van der Waals surface area (Å²) < 4.78 is 21.6. The highest BCUT2D eigenvalue weighted by molar-refractivity contribution is 5.94. The molecule has 1 aromatic carbocycles.